The fourth-order valence-corrected chi connectivity index (χ4v) is 9.44. The maximum Gasteiger partial charge on any atom is 0.0727 e. The van der Waals surface area contributed by atoms with Crippen LogP contribution in [0.2, 0.25) is 0 Å². The summed E-state index contributed by atoms with van der Waals surface area (Å²) in [5.74, 6) is 0. The lowest BCUT2D eigenvalue weighted by atomic mass is 10.0. The second-order valence-corrected chi connectivity index (χ2v) is 14.8. The number of aromatic nitrogens is 2. The zero-order valence-corrected chi connectivity index (χ0v) is 29.6. The molecule has 0 radical (unpaired) electrons. The molecule has 0 aliphatic heterocycles. The number of rotatable bonds is 5. The van der Waals surface area contributed by atoms with E-state index in [1.54, 1.807) is 0 Å². The minimum atomic E-state index is 1.15. The van der Waals surface area contributed by atoms with Crippen LogP contribution in [-0.2, 0) is 0 Å². The third kappa shape index (κ3) is 4.78. The van der Waals surface area contributed by atoms with Gasteiger partial charge in [-0.1, -0.05) is 133 Å². The minimum absolute atomic E-state index is 1.15. The van der Waals surface area contributed by atoms with Crippen molar-refractivity contribution in [1.82, 2.24) is 9.13 Å². The molecule has 0 fully saturated rings. The minimum Gasteiger partial charge on any atom is -0.309 e. The highest BCUT2D eigenvalue weighted by atomic mass is 32.1. The van der Waals surface area contributed by atoms with E-state index < -0.39 is 0 Å². The first-order valence-electron chi connectivity index (χ1n) is 18.1. The molecule has 248 valence electrons. The van der Waals surface area contributed by atoms with Gasteiger partial charge < -0.3 is 9.13 Å². The Hall–Kier alpha value is -6.68. The van der Waals surface area contributed by atoms with Crippen molar-refractivity contribution in [2.45, 2.75) is 0 Å². The van der Waals surface area contributed by atoms with Gasteiger partial charge in [0, 0.05) is 37.6 Å². The molecule has 0 saturated heterocycles. The molecule has 0 saturated carbocycles. The lowest BCUT2D eigenvalue weighted by Crippen LogP contribution is -1.95. The Morgan fingerprint density at radius 1 is 0.302 bits per heavy atom. The van der Waals surface area contributed by atoms with E-state index in [4.69, 9.17) is 0 Å². The molecule has 3 heteroatoms. The molecule has 0 N–H and O–H groups in total. The molecule has 2 nitrogen and oxygen atoms in total. The Morgan fingerprint density at radius 3 is 1.32 bits per heavy atom. The molecule has 0 atom stereocenters. The van der Waals surface area contributed by atoms with Crippen LogP contribution in [0.5, 0.6) is 0 Å². The van der Waals surface area contributed by atoms with Crippen molar-refractivity contribution in [3.63, 3.8) is 0 Å². The van der Waals surface area contributed by atoms with E-state index in [1.807, 2.05) is 11.3 Å². The maximum atomic E-state index is 2.44. The maximum absolute atomic E-state index is 2.44. The van der Waals surface area contributed by atoms with Gasteiger partial charge in [-0.2, -0.15) is 0 Å². The number of fused-ring (bicyclic) bond motifs is 8. The van der Waals surface area contributed by atoms with Crippen molar-refractivity contribution in [3.8, 4) is 44.8 Å². The lowest BCUT2D eigenvalue weighted by Gasteiger charge is -2.11. The van der Waals surface area contributed by atoms with E-state index in [1.165, 1.54) is 92.1 Å². The van der Waals surface area contributed by atoms with E-state index in [-0.39, 0.29) is 0 Å². The Morgan fingerprint density at radius 2 is 0.736 bits per heavy atom. The molecule has 53 heavy (non-hydrogen) atoms. The summed E-state index contributed by atoms with van der Waals surface area (Å²) in [7, 11) is 0. The molecule has 11 aromatic rings. The zero-order chi connectivity index (χ0) is 34.9. The monoisotopic (exact) mass is 692 g/mol. The van der Waals surface area contributed by atoms with Gasteiger partial charge in [-0.25, -0.2) is 0 Å². The number of hydrogen-bond donors (Lipinski definition) is 0. The normalized spacial score (nSPS) is 11.8. The first kappa shape index (κ1) is 30.0. The highest BCUT2D eigenvalue weighted by molar-refractivity contribution is 7.26. The summed E-state index contributed by atoms with van der Waals surface area (Å²) in [5, 5.41) is 5.12. The van der Waals surface area contributed by atoms with Gasteiger partial charge in [0.1, 0.15) is 0 Å². The van der Waals surface area contributed by atoms with Gasteiger partial charge in [0.25, 0.3) is 0 Å². The van der Waals surface area contributed by atoms with Crippen LogP contribution >= 0.6 is 11.3 Å². The Balaban J connectivity index is 1.00. The summed E-state index contributed by atoms with van der Waals surface area (Å²) >= 11 is 1.88. The third-order valence-corrected chi connectivity index (χ3v) is 11.9. The van der Waals surface area contributed by atoms with E-state index in [0.29, 0.717) is 0 Å². The number of benzene rings is 8. The first-order chi connectivity index (χ1) is 26.3. The topological polar surface area (TPSA) is 9.86 Å². The van der Waals surface area contributed by atoms with Gasteiger partial charge in [0.05, 0.1) is 26.8 Å². The summed E-state index contributed by atoms with van der Waals surface area (Å²) < 4.78 is 7.52. The molecule has 0 spiro atoms. The highest BCUT2D eigenvalue weighted by Gasteiger charge is 2.18. The van der Waals surface area contributed by atoms with Crippen LogP contribution in [0.15, 0.2) is 194 Å². The first-order valence-corrected chi connectivity index (χ1v) is 18.9. The van der Waals surface area contributed by atoms with Crippen LogP contribution in [-0.4, -0.2) is 9.13 Å². The van der Waals surface area contributed by atoms with E-state index in [0.717, 1.165) is 5.69 Å². The molecular weight excluding hydrogens is 661 g/mol. The molecule has 0 amide bonds. The molecule has 3 heterocycles. The highest BCUT2D eigenvalue weighted by Crippen LogP contribution is 2.43. The molecular formula is C50H32N2S. The summed E-state index contributed by atoms with van der Waals surface area (Å²) in [4.78, 5) is 0. The predicted molar refractivity (Wildman–Crippen MR) is 227 cm³/mol. The van der Waals surface area contributed by atoms with Gasteiger partial charge >= 0.3 is 0 Å². The fraction of sp³-hybridized carbons (Fsp3) is 0. The van der Waals surface area contributed by atoms with Crippen molar-refractivity contribution in [1.29, 1.82) is 0 Å². The molecule has 0 aliphatic rings. The average molecular weight is 693 g/mol. The summed E-state index contributed by atoms with van der Waals surface area (Å²) in [6.45, 7) is 0. The van der Waals surface area contributed by atoms with Gasteiger partial charge in [-0.15, -0.1) is 11.3 Å². The fourth-order valence-electron chi connectivity index (χ4n) is 8.21. The number of nitrogens with zero attached hydrogens (tertiary/aromatic N) is 2. The van der Waals surface area contributed by atoms with Crippen molar-refractivity contribution in [3.05, 3.63) is 194 Å². The molecule has 8 aromatic carbocycles. The molecule has 3 aromatic heterocycles. The molecule has 0 aliphatic carbocycles. The van der Waals surface area contributed by atoms with Crippen molar-refractivity contribution >= 4 is 64.3 Å². The van der Waals surface area contributed by atoms with Crippen LogP contribution < -0.4 is 0 Å². The lowest BCUT2D eigenvalue weighted by molar-refractivity contribution is 1.18. The van der Waals surface area contributed by atoms with Crippen molar-refractivity contribution < 1.29 is 0 Å². The van der Waals surface area contributed by atoms with Crippen LogP contribution in [0.25, 0.3) is 97.8 Å². The van der Waals surface area contributed by atoms with Gasteiger partial charge in [-0.05, 0) is 94.0 Å². The molecule has 0 bridgehead atoms. The van der Waals surface area contributed by atoms with Crippen LogP contribution in [0.3, 0.4) is 0 Å². The summed E-state index contributed by atoms with van der Waals surface area (Å²) in [6, 6.07) is 70.8. The standard InChI is InChI=1S/C50H32N2S/c1-3-11-33(12-4-1)37-23-29-46-43(31-37)44-32-38(34-13-5-2-6-14-34)24-30-47(44)51(46)39-25-19-35(20-26-39)36-21-27-40(28-22-36)52-45-17-9-7-15-41(45)50-49(52)42-16-8-10-18-48(42)53-50/h1-32H. The van der Waals surface area contributed by atoms with Crippen LogP contribution in [0.4, 0.5) is 0 Å². The number of thiophene rings is 1. The Kier molecular flexibility index (Phi) is 6.76. The second-order valence-electron chi connectivity index (χ2n) is 13.8. The molecule has 11 rings (SSSR count). The third-order valence-electron chi connectivity index (χ3n) is 10.7. The second kappa shape index (κ2) is 11.9. The smallest absolute Gasteiger partial charge is 0.0727 e. The van der Waals surface area contributed by atoms with E-state index >= 15 is 0 Å². The summed E-state index contributed by atoms with van der Waals surface area (Å²) in [6.07, 6.45) is 0. The zero-order valence-electron chi connectivity index (χ0n) is 28.8. The van der Waals surface area contributed by atoms with Gasteiger partial charge in [-0.3, -0.25) is 0 Å². The largest absolute Gasteiger partial charge is 0.309 e. The van der Waals surface area contributed by atoms with E-state index in [2.05, 4.69) is 203 Å². The molecule has 0 unspecified atom stereocenters. The number of hydrogen-bond acceptors (Lipinski definition) is 1. The number of para-hydroxylation sites is 1. The van der Waals surface area contributed by atoms with Crippen LogP contribution in [0, 0.1) is 0 Å². The predicted octanol–water partition coefficient (Wildman–Crippen LogP) is 14.1. The quantitative estimate of drug-likeness (QED) is 0.170. The van der Waals surface area contributed by atoms with Gasteiger partial charge in [0.2, 0.25) is 0 Å². The van der Waals surface area contributed by atoms with Crippen molar-refractivity contribution in [2.24, 2.45) is 0 Å². The Bertz CT molecular complexity index is 3020. The van der Waals surface area contributed by atoms with Gasteiger partial charge in [0.15, 0.2) is 0 Å². The van der Waals surface area contributed by atoms with Crippen molar-refractivity contribution in [2.75, 3.05) is 0 Å². The summed E-state index contributed by atoms with van der Waals surface area (Å²) in [5.41, 5.74) is 14.6. The SMILES string of the molecule is c1ccc(-c2ccc3c(c2)c2cc(-c4ccccc4)ccc2n3-c2ccc(-c3ccc(-n4c5ccccc5c5sc6ccccc6c54)cc3)cc2)cc1. The Labute approximate surface area is 311 Å². The average Bonchev–Trinajstić information content (AvgIpc) is 3.88. The van der Waals surface area contributed by atoms with E-state index in [9.17, 15) is 0 Å². The van der Waals surface area contributed by atoms with Crippen LogP contribution in [0.1, 0.15) is 0 Å².